The van der Waals surface area contributed by atoms with E-state index in [0.717, 1.165) is 0 Å². The van der Waals surface area contributed by atoms with E-state index in [1.807, 2.05) is 25.7 Å². The molecule has 0 aromatic rings. The van der Waals surface area contributed by atoms with Gasteiger partial charge in [-0.05, 0) is 13.8 Å². The van der Waals surface area contributed by atoms with Crippen LogP contribution in [0.5, 0.6) is 0 Å². The number of hydrogen-bond acceptors (Lipinski definition) is 2. The molecule has 3 nitrogen and oxygen atoms in total. The van der Waals surface area contributed by atoms with Crippen molar-refractivity contribution >= 4 is 5.91 Å². The maximum absolute atomic E-state index is 11.5. The zero-order valence-corrected chi connectivity index (χ0v) is 8.04. The smallest absolute Gasteiger partial charge is 0.222 e. The average molecular weight is 171 g/mol. The highest BCUT2D eigenvalue weighted by molar-refractivity contribution is 5.76. The Morgan fingerprint density at radius 1 is 1.42 bits per heavy atom. The summed E-state index contributed by atoms with van der Waals surface area (Å²) in [6.45, 7) is 7.32. The van der Waals surface area contributed by atoms with Gasteiger partial charge in [-0.2, -0.15) is 0 Å². The number of hydrogen-bond donors (Lipinski definition) is 0. The third kappa shape index (κ3) is 1.78. The Hall–Kier alpha value is -0.570. The zero-order chi connectivity index (χ0) is 9.14. The molecule has 1 fully saturated rings. The first-order valence-corrected chi connectivity index (χ1v) is 4.55. The second-order valence-electron chi connectivity index (χ2n) is 3.39. The molecule has 2 atom stereocenters. The predicted octanol–water partition coefficient (Wildman–Crippen LogP) is 1.03. The maximum Gasteiger partial charge on any atom is 0.222 e. The second kappa shape index (κ2) is 3.90. The van der Waals surface area contributed by atoms with Crippen molar-refractivity contribution in [3.05, 3.63) is 0 Å². The second-order valence-corrected chi connectivity index (χ2v) is 3.39. The van der Waals surface area contributed by atoms with Crippen LogP contribution in [-0.4, -0.2) is 36.1 Å². The molecule has 0 unspecified atom stereocenters. The van der Waals surface area contributed by atoms with Crippen LogP contribution in [0.4, 0.5) is 0 Å². The van der Waals surface area contributed by atoms with Gasteiger partial charge < -0.3 is 9.64 Å². The summed E-state index contributed by atoms with van der Waals surface area (Å²) in [6.07, 6.45) is 0.592. The Morgan fingerprint density at radius 2 is 1.92 bits per heavy atom. The highest BCUT2D eigenvalue weighted by atomic mass is 16.5. The van der Waals surface area contributed by atoms with E-state index in [1.54, 1.807) is 0 Å². The van der Waals surface area contributed by atoms with Gasteiger partial charge in [-0.1, -0.05) is 6.92 Å². The van der Waals surface area contributed by atoms with Crippen molar-refractivity contribution in [1.29, 1.82) is 0 Å². The molecular formula is C9H17NO2. The van der Waals surface area contributed by atoms with E-state index in [2.05, 4.69) is 0 Å². The zero-order valence-electron chi connectivity index (χ0n) is 8.04. The van der Waals surface area contributed by atoms with E-state index in [9.17, 15) is 4.79 Å². The standard InChI is InChI=1S/C9H17NO2/c1-4-9(11)10-7(2)5-12-6-8(10)3/h7-8H,4-6H2,1-3H3/t7-,8-/m1/s1. The number of nitrogens with zero attached hydrogens (tertiary/aromatic N) is 1. The van der Waals surface area contributed by atoms with Crippen molar-refractivity contribution in [2.45, 2.75) is 39.3 Å². The van der Waals surface area contributed by atoms with Gasteiger partial charge in [0.2, 0.25) is 5.91 Å². The van der Waals surface area contributed by atoms with Crippen molar-refractivity contribution in [3.8, 4) is 0 Å². The highest BCUT2D eigenvalue weighted by Crippen LogP contribution is 2.13. The van der Waals surface area contributed by atoms with E-state index in [0.29, 0.717) is 19.6 Å². The largest absolute Gasteiger partial charge is 0.377 e. The Morgan fingerprint density at radius 3 is 2.33 bits per heavy atom. The summed E-state index contributed by atoms with van der Waals surface area (Å²) in [7, 11) is 0. The fraction of sp³-hybridized carbons (Fsp3) is 0.889. The van der Waals surface area contributed by atoms with E-state index in [-0.39, 0.29) is 18.0 Å². The van der Waals surface area contributed by atoms with Crippen LogP contribution in [0.1, 0.15) is 27.2 Å². The lowest BCUT2D eigenvalue weighted by Crippen LogP contribution is -2.52. The number of ether oxygens (including phenoxy) is 1. The van der Waals surface area contributed by atoms with Crippen LogP contribution in [0, 0.1) is 0 Å². The molecule has 12 heavy (non-hydrogen) atoms. The Bertz CT molecular complexity index is 160. The molecule has 1 aliphatic heterocycles. The van der Waals surface area contributed by atoms with Gasteiger partial charge in [0, 0.05) is 6.42 Å². The molecule has 1 amide bonds. The van der Waals surface area contributed by atoms with Crippen LogP contribution < -0.4 is 0 Å². The molecule has 1 rings (SSSR count). The van der Waals surface area contributed by atoms with Gasteiger partial charge in [0.1, 0.15) is 0 Å². The summed E-state index contributed by atoms with van der Waals surface area (Å²) in [5.41, 5.74) is 0. The lowest BCUT2D eigenvalue weighted by atomic mass is 10.1. The molecule has 0 bridgehead atoms. The van der Waals surface area contributed by atoms with Crippen molar-refractivity contribution in [3.63, 3.8) is 0 Å². The predicted molar refractivity (Wildman–Crippen MR) is 46.9 cm³/mol. The van der Waals surface area contributed by atoms with Crippen molar-refractivity contribution in [1.82, 2.24) is 4.90 Å². The number of rotatable bonds is 1. The summed E-state index contributed by atoms with van der Waals surface area (Å²) >= 11 is 0. The molecule has 0 spiro atoms. The summed E-state index contributed by atoms with van der Waals surface area (Å²) in [5.74, 6) is 0.235. The quantitative estimate of drug-likeness (QED) is 0.589. The van der Waals surface area contributed by atoms with Gasteiger partial charge >= 0.3 is 0 Å². The minimum atomic E-state index is 0.235. The van der Waals surface area contributed by atoms with Crippen LogP contribution in [-0.2, 0) is 9.53 Å². The molecule has 0 radical (unpaired) electrons. The van der Waals surface area contributed by atoms with E-state index in [4.69, 9.17) is 4.74 Å². The maximum atomic E-state index is 11.5. The Labute approximate surface area is 73.7 Å². The van der Waals surface area contributed by atoms with Crippen LogP contribution in [0.2, 0.25) is 0 Å². The molecule has 1 aliphatic rings. The third-order valence-electron chi connectivity index (χ3n) is 2.26. The van der Waals surface area contributed by atoms with Crippen molar-refractivity contribution in [2.75, 3.05) is 13.2 Å². The number of morpholine rings is 1. The normalized spacial score (nSPS) is 30.4. The van der Waals surface area contributed by atoms with Crippen LogP contribution >= 0.6 is 0 Å². The summed E-state index contributed by atoms with van der Waals surface area (Å²) in [6, 6.07) is 0.474. The van der Waals surface area contributed by atoms with Gasteiger partial charge in [-0.25, -0.2) is 0 Å². The van der Waals surface area contributed by atoms with Gasteiger partial charge in [0.05, 0.1) is 25.3 Å². The first-order chi connectivity index (χ1) is 5.66. The van der Waals surface area contributed by atoms with Gasteiger partial charge in [0.15, 0.2) is 0 Å². The lowest BCUT2D eigenvalue weighted by Gasteiger charge is -2.38. The minimum absolute atomic E-state index is 0.235. The third-order valence-corrected chi connectivity index (χ3v) is 2.26. The van der Waals surface area contributed by atoms with Crippen molar-refractivity contribution < 1.29 is 9.53 Å². The topological polar surface area (TPSA) is 29.5 Å². The Balaban J connectivity index is 2.62. The van der Waals surface area contributed by atoms with E-state index in [1.165, 1.54) is 0 Å². The number of amides is 1. The lowest BCUT2D eigenvalue weighted by molar-refractivity contribution is -0.143. The molecule has 0 aliphatic carbocycles. The van der Waals surface area contributed by atoms with Crippen LogP contribution in [0.25, 0.3) is 0 Å². The monoisotopic (exact) mass is 171 g/mol. The minimum Gasteiger partial charge on any atom is -0.377 e. The molecule has 70 valence electrons. The Kier molecular flexibility index (Phi) is 3.09. The summed E-state index contributed by atoms with van der Waals surface area (Å²) < 4.78 is 5.33. The van der Waals surface area contributed by atoms with Crippen LogP contribution in [0.3, 0.4) is 0 Å². The number of carbonyl (C=O) groups excluding carboxylic acids is 1. The average Bonchev–Trinajstić information content (AvgIpc) is 2.03. The van der Waals surface area contributed by atoms with Crippen molar-refractivity contribution in [2.24, 2.45) is 0 Å². The van der Waals surface area contributed by atoms with Crippen LogP contribution in [0.15, 0.2) is 0 Å². The first-order valence-electron chi connectivity index (χ1n) is 4.55. The molecule has 3 heteroatoms. The fourth-order valence-electron chi connectivity index (χ4n) is 1.68. The molecule has 0 aromatic carbocycles. The fourth-order valence-corrected chi connectivity index (χ4v) is 1.68. The summed E-state index contributed by atoms with van der Waals surface area (Å²) in [4.78, 5) is 13.4. The first kappa shape index (κ1) is 9.52. The van der Waals surface area contributed by atoms with E-state index < -0.39 is 0 Å². The molecule has 0 saturated carbocycles. The SMILES string of the molecule is CCC(=O)N1[C@H](C)COC[C@H]1C. The van der Waals surface area contributed by atoms with E-state index >= 15 is 0 Å². The van der Waals surface area contributed by atoms with Gasteiger partial charge in [-0.15, -0.1) is 0 Å². The van der Waals surface area contributed by atoms with Gasteiger partial charge in [0.25, 0.3) is 0 Å². The molecule has 0 N–H and O–H groups in total. The molecular weight excluding hydrogens is 154 g/mol. The number of carbonyl (C=O) groups is 1. The molecule has 0 aromatic heterocycles. The molecule has 1 heterocycles. The highest BCUT2D eigenvalue weighted by Gasteiger charge is 2.28. The summed E-state index contributed by atoms with van der Waals surface area (Å²) in [5, 5.41) is 0. The van der Waals surface area contributed by atoms with Gasteiger partial charge in [-0.3, -0.25) is 4.79 Å². The molecule has 1 saturated heterocycles.